The molecule has 0 aliphatic carbocycles. The smallest absolute Gasteiger partial charge is 0.0798 e. The van der Waals surface area contributed by atoms with Gasteiger partial charge in [0.15, 0.2) is 0 Å². The number of nitrogens with zero attached hydrogens (tertiary/aromatic N) is 2. The van der Waals surface area contributed by atoms with Gasteiger partial charge in [0.25, 0.3) is 0 Å². The summed E-state index contributed by atoms with van der Waals surface area (Å²) in [5.41, 5.74) is 2.26. The summed E-state index contributed by atoms with van der Waals surface area (Å²) >= 11 is 0. The summed E-state index contributed by atoms with van der Waals surface area (Å²) in [6.07, 6.45) is 7.02. The lowest BCUT2D eigenvalue weighted by Gasteiger charge is -2.15. The van der Waals surface area contributed by atoms with E-state index in [1.807, 2.05) is 22.9 Å². The molecule has 3 nitrogen and oxygen atoms in total. The number of benzene rings is 1. The molecule has 0 amide bonds. The molecular weight excluding hydrogens is 246 g/mol. The number of hydrogen-bond acceptors (Lipinski definition) is 2. The third-order valence-electron chi connectivity index (χ3n) is 3.53. The van der Waals surface area contributed by atoms with Crippen LogP contribution < -0.4 is 5.32 Å². The van der Waals surface area contributed by atoms with Crippen LogP contribution in [0, 0.1) is 0 Å². The molecule has 0 saturated heterocycles. The van der Waals surface area contributed by atoms with E-state index in [0.717, 1.165) is 24.3 Å². The van der Waals surface area contributed by atoms with E-state index in [-0.39, 0.29) is 0 Å². The fourth-order valence-electron chi connectivity index (χ4n) is 2.45. The van der Waals surface area contributed by atoms with Gasteiger partial charge in [-0.05, 0) is 31.2 Å². The van der Waals surface area contributed by atoms with Crippen LogP contribution in [-0.2, 0) is 0 Å². The Kier molecular flexibility index (Phi) is 5.81. The highest BCUT2D eigenvalue weighted by Gasteiger charge is 2.13. The van der Waals surface area contributed by atoms with E-state index >= 15 is 0 Å². The Morgan fingerprint density at radius 2 is 1.90 bits per heavy atom. The minimum atomic E-state index is 0.372. The van der Waals surface area contributed by atoms with Crippen molar-refractivity contribution < 1.29 is 0 Å². The molecule has 0 fully saturated rings. The summed E-state index contributed by atoms with van der Waals surface area (Å²) in [5.74, 6) is 0. The molecule has 1 heterocycles. The second kappa shape index (κ2) is 7.85. The fraction of sp³-hybridized carbons (Fsp3) is 0.471. The van der Waals surface area contributed by atoms with Crippen molar-refractivity contribution in [3.63, 3.8) is 0 Å². The normalized spacial score (nSPS) is 12.5. The van der Waals surface area contributed by atoms with Crippen molar-refractivity contribution >= 4 is 0 Å². The average Bonchev–Trinajstić information content (AvgIpc) is 2.97. The number of rotatable bonds is 8. The van der Waals surface area contributed by atoms with Crippen molar-refractivity contribution in [3.05, 3.63) is 48.3 Å². The molecular formula is C17H25N3. The van der Waals surface area contributed by atoms with Gasteiger partial charge in [0.2, 0.25) is 0 Å². The molecule has 1 aromatic heterocycles. The van der Waals surface area contributed by atoms with Crippen LogP contribution in [0.4, 0.5) is 0 Å². The third-order valence-corrected chi connectivity index (χ3v) is 3.53. The van der Waals surface area contributed by atoms with Gasteiger partial charge in [0.05, 0.1) is 17.4 Å². The number of aromatic nitrogens is 2. The predicted molar refractivity (Wildman–Crippen MR) is 84.1 cm³/mol. The molecule has 108 valence electrons. The van der Waals surface area contributed by atoms with E-state index in [9.17, 15) is 0 Å². The van der Waals surface area contributed by atoms with Crippen LogP contribution in [0.1, 0.15) is 51.3 Å². The maximum absolute atomic E-state index is 4.73. The first-order chi connectivity index (χ1) is 9.85. The summed E-state index contributed by atoms with van der Waals surface area (Å²) < 4.78 is 1.96. The van der Waals surface area contributed by atoms with Gasteiger partial charge in [-0.3, -0.25) is 0 Å². The highest BCUT2D eigenvalue weighted by molar-refractivity contribution is 5.30. The summed E-state index contributed by atoms with van der Waals surface area (Å²) in [7, 11) is 0. The van der Waals surface area contributed by atoms with Crippen molar-refractivity contribution in [3.8, 4) is 5.69 Å². The first-order valence-electron chi connectivity index (χ1n) is 7.69. The lowest BCUT2D eigenvalue weighted by Crippen LogP contribution is -2.21. The lowest BCUT2D eigenvalue weighted by molar-refractivity contribution is 0.474. The van der Waals surface area contributed by atoms with Crippen LogP contribution >= 0.6 is 0 Å². The second-order valence-corrected chi connectivity index (χ2v) is 5.13. The Bertz CT molecular complexity index is 490. The zero-order valence-electron chi connectivity index (χ0n) is 12.5. The van der Waals surface area contributed by atoms with Crippen molar-refractivity contribution in [2.75, 3.05) is 6.54 Å². The fourth-order valence-corrected chi connectivity index (χ4v) is 2.45. The first-order valence-corrected chi connectivity index (χ1v) is 7.69. The van der Waals surface area contributed by atoms with E-state index in [0.29, 0.717) is 6.04 Å². The average molecular weight is 271 g/mol. The molecule has 2 rings (SSSR count). The summed E-state index contributed by atoms with van der Waals surface area (Å²) in [4.78, 5) is 0. The predicted octanol–water partition coefficient (Wildman–Crippen LogP) is 4.10. The molecule has 1 atom stereocenters. The molecule has 2 aromatic rings. The van der Waals surface area contributed by atoms with Crippen LogP contribution in [0.15, 0.2) is 42.6 Å². The highest BCUT2D eigenvalue weighted by atomic mass is 15.3. The monoisotopic (exact) mass is 271 g/mol. The largest absolute Gasteiger partial charge is 0.309 e. The Labute approximate surface area is 122 Å². The Hall–Kier alpha value is -1.61. The van der Waals surface area contributed by atoms with Crippen LogP contribution in [0.2, 0.25) is 0 Å². The zero-order chi connectivity index (χ0) is 14.2. The van der Waals surface area contributed by atoms with Gasteiger partial charge in [0, 0.05) is 6.20 Å². The number of unbranched alkanes of at least 4 members (excludes halogenated alkanes) is 2. The van der Waals surface area contributed by atoms with Gasteiger partial charge in [-0.15, -0.1) is 0 Å². The molecule has 20 heavy (non-hydrogen) atoms. The minimum absolute atomic E-state index is 0.372. The van der Waals surface area contributed by atoms with Crippen molar-refractivity contribution in [1.82, 2.24) is 15.1 Å². The highest BCUT2D eigenvalue weighted by Crippen LogP contribution is 2.19. The summed E-state index contributed by atoms with van der Waals surface area (Å²) in [6.45, 7) is 5.38. The Morgan fingerprint density at radius 3 is 2.60 bits per heavy atom. The van der Waals surface area contributed by atoms with E-state index < -0.39 is 0 Å². The number of para-hydroxylation sites is 1. The lowest BCUT2D eigenvalue weighted by atomic mass is 10.1. The van der Waals surface area contributed by atoms with E-state index in [1.54, 1.807) is 0 Å². The Balaban J connectivity index is 2.08. The molecule has 0 bridgehead atoms. The van der Waals surface area contributed by atoms with Crippen molar-refractivity contribution in [1.29, 1.82) is 0 Å². The van der Waals surface area contributed by atoms with E-state index in [1.165, 1.54) is 19.3 Å². The van der Waals surface area contributed by atoms with Gasteiger partial charge in [-0.25, -0.2) is 4.68 Å². The van der Waals surface area contributed by atoms with Gasteiger partial charge >= 0.3 is 0 Å². The van der Waals surface area contributed by atoms with E-state index in [4.69, 9.17) is 5.10 Å². The minimum Gasteiger partial charge on any atom is -0.309 e. The topological polar surface area (TPSA) is 29.9 Å². The molecule has 1 unspecified atom stereocenters. The van der Waals surface area contributed by atoms with Crippen molar-refractivity contribution in [2.45, 2.75) is 45.6 Å². The number of hydrogen-bond donors (Lipinski definition) is 1. The third kappa shape index (κ3) is 3.94. The van der Waals surface area contributed by atoms with Gasteiger partial charge in [-0.2, -0.15) is 5.10 Å². The molecule has 1 aromatic carbocycles. The first kappa shape index (κ1) is 14.8. The molecule has 3 heteroatoms. The van der Waals surface area contributed by atoms with Gasteiger partial charge < -0.3 is 5.32 Å². The van der Waals surface area contributed by atoms with Gasteiger partial charge in [-0.1, -0.05) is 51.3 Å². The molecule has 0 aliphatic rings. The zero-order valence-corrected chi connectivity index (χ0v) is 12.5. The molecule has 0 spiro atoms. The van der Waals surface area contributed by atoms with Crippen molar-refractivity contribution in [2.24, 2.45) is 0 Å². The van der Waals surface area contributed by atoms with Crippen LogP contribution in [-0.4, -0.2) is 16.3 Å². The van der Waals surface area contributed by atoms with Crippen LogP contribution in [0.25, 0.3) is 5.69 Å². The Morgan fingerprint density at radius 1 is 1.10 bits per heavy atom. The summed E-state index contributed by atoms with van der Waals surface area (Å²) in [6, 6.07) is 12.8. The molecule has 0 saturated carbocycles. The molecule has 0 aliphatic heterocycles. The van der Waals surface area contributed by atoms with Gasteiger partial charge in [0.1, 0.15) is 0 Å². The maximum atomic E-state index is 4.73. The second-order valence-electron chi connectivity index (χ2n) is 5.13. The van der Waals surface area contributed by atoms with Crippen LogP contribution in [0.5, 0.6) is 0 Å². The standard InChI is InChI=1S/C17H25N3/c1-3-5-7-12-16(18-4-2)17-13-14-20(19-17)15-10-8-6-9-11-15/h6,8-11,13-14,16,18H,3-5,7,12H2,1-2H3. The summed E-state index contributed by atoms with van der Waals surface area (Å²) in [5, 5.41) is 8.28. The number of nitrogens with one attached hydrogen (secondary N) is 1. The molecule has 0 radical (unpaired) electrons. The van der Waals surface area contributed by atoms with E-state index in [2.05, 4.69) is 43.6 Å². The maximum Gasteiger partial charge on any atom is 0.0798 e. The van der Waals surface area contributed by atoms with Crippen LogP contribution in [0.3, 0.4) is 0 Å². The molecule has 1 N–H and O–H groups in total. The quantitative estimate of drug-likeness (QED) is 0.732. The SMILES string of the molecule is CCCCCC(NCC)c1ccn(-c2ccccc2)n1.